The van der Waals surface area contributed by atoms with Crippen molar-refractivity contribution in [2.24, 2.45) is 17.2 Å². The molecule has 0 saturated heterocycles. The van der Waals surface area contributed by atoms with Gasteiger partial charge < -0.3 is 27.8 Å². The minimum absolute atomic E-state index is 0.0616. The van der Waals surface area contributed by atoms with Crippen LogP contribution in [0.25, 0.3) is 0 Å². The predicted molar refractivity (Wildman–Crippen MR) is 114 cm³/mol. The zero-order valence-electron chi connectivity index (χ0n) is 15.6. The summed E-state index contributed by atoms with van der Waals surface area (Å²) in [5, 5.41) is 5.53. The van der Waals surface area contributed by atoms with E-state index in [-0.39, 0.29) is 28.3 Å². The van der Waals surface area contributed by atoms with Crippen LogP contribution >= 0.6 is 12.2 Å². The summed E-state index contributed by atoms with van der Waals surface area (Å²) in [5.41, 5.74) is 17.4. The number of hydrogen-bond acceptors (Lipinski definition) is 6. The maximum atomic E-state index is 14.6. The Hall–Kier alpha value is -3.53. The first-order valence-corrected chi connectivity index (χ1v) is 8.92. The number of aromatic nitrogens is 1. The van der Waals surface area contributed by atoms with Crippen molar-refractivity contribution >= 4 is 40.4 Å². The molecule has 0 spiro atoms. The Bertz CT molecular complexity index is 961. The Balaban J connectivity index is 2.36. The van der Waals surface area contributed by atoms with Gasteiger partial charge in [-0.15, -0.1) is 0 Å². The summed E-state index contributed by atoms with van der Waals surface area (Å²) in [6, 6.07) is 6.51. The Labute approximate surface area is 172 Å². The molecule has 29 heavy (non-hydrogen) atoms. The molecule has 2 aromatic rings. The van der Waals surface area contributed by atoms with E-state index in [4.69, 9.17) is 29.4 Å². The van der Waals surface area contributed by atoms with Crippen molar-refractivity contribution in [2.45, 2.75) is 19.4 Å². The van der Waals surface area contributed by atoms with E-state index in [1.165, 1.54) is 12.1 Å². The van der Waals surface area contributed by atoms with Crippen LogP contribution in [-0.4, -0.2) is 27.8 Å². The van der Waals surface area contributed by atoms with E-state index in [2.05, 4.69) is 15.6 Å². The molecule has 1 aromatic heterocycles. The van der Waals surface area contributed by atoms with E-state index in [0.717, 1.165) is 6.07 Å². The molecular weight excluding hydrogens is 395 g/mol. The number of amides is 2. The van der Waals surface area contributed by atoms with Gasteiger partial charge in [-0.2, -0.15) is 0 Å². The van der Waals surface area contributed by atoms with Crippen molar-refractivity contribution in [3.8, 4) is 0 Å². The second-order valence-electron chi connectivity index (χ2n) is 6.24. The molecule has 1 atom stereocenters. The third-order valence-electron chi connectivity index (χ3n) is 3.80. The molecule has 0 bridgehead atoms. The van der Waals surface area contributed by atoms with Crippen molar-refractivity contribution in [3.05, 3.63) is 65.4 Å². The number of carbonyl (C=O) groups is 2. The number of nitrogens with one attached hydrogen (secondary N) is 2. The van der Waals surface area contributed by atoms with Gasteiger partial charge in [0.2, 0.25) is 5.91 Å². The standard InChI is InChI=1S/C19H21FN6O2S/c1-10(21)6-17(29)26-14-9-15(13(20)8-12(14)18(22)27)25-16(19(23)28)7-11-4-2-3-5-24-11/h2-6,8-9,16,25H,7,21H2,1H3,(H2,22,27)(H2,23,28)(H,26,29)/t16-/m1/s1. The maximum absolute atomic E-state index is 14.6. The quantitative estimate of drug-likeness (QED) is 0.323. The number of primary amides is 2. The minimum atomic E-state index is -0.940. The van der Waals surface area contributed by atoms with Crippen molar-refractivity contribution < 1.29 is 14.0 Å². The average Bonchev–Trinajstić information content (AvgIpc) is 2.63. The van der Waals surface area contributed by atoms with Gasteiger partial charge >= 0.3 is 0 Å². The molecule has 10 heteroatoms. The Morgan fingerprint density at radius 3 is 2.52 bits per heavy atom. The molecule has 0 aliphatic rings. The largest absolute Gasteiger partial charge is 0.402 e. The van der Waals surface area contributed by atoms with Gasteiger partial charge in [0, 0.05) is 24.0 Å². The highest BCUT2D eigenvalue weighted by molar-refractivity contribution is 7.81. The summed E-state index contributed by atoms with van der Waals surface area (Å²) >= 11 is 5.13. The molecule has 0 saturated carbocycles. The van der Waals surface area contributed by atoms with Gasteiger partial charge in [0.05, 0.1) is 16.9 Å². The lowest BCUT2D eigenvalue weighted by Crippen LogP contribution is -2.37. The van der Waals surface area contributed by atoms with Gasteiger partial charge in [-0.3, -0.25) is 14.6 Å². The SMILES string of the molecule is CC(N)=CC(=S)Nc1cc(N[C@H](Cc2ccccn2)C(N)=O)c(F)cc1C(N)=O. The van der Waals surface area contributed by atoms with E-state index >= 15 is 0 Å². The van der Waals surface area contributed by atoms with E-state index in [1.807, 2.05) is 0 Å². The minimum Gasteiger partial charge on any atom is -0.402 e. The molecule has 0 aliphatic carbocycles. The van der Waals surface area contributed by atoms with E-state index in [9.17, 15) is 14.0 Å². The first-order chi connectivity index (χ1) is 13.7. The van der Waals surface area contributed by atoms with Crippen LogP contribution in [0.4, 0.5) is 15.8 Å². The number of pyridine rings is 1. The smallest absolute Gasteiger partial charge is 0.250 e. The lowest BCUT2D eigenvalue weighted by molar-refractivity contribution is -0.118. The second kappa shape index (κ2) is 9.60. The van der Waals surface area contributed by atoms with Crippen LogP contribution in [0.15, 0.2) is 48.3 Å². The predicted octanol–water partition coefficient (Wildman–Crippen LogP) is 1.43. The Morgan fingerprint density at radius 1 is 1.24 bits per heavy atom. The van der Waals surface area contributed by atoms with E-state index in [1.54, 1.807) is 31.3 Å². The highest BCUT2D eigenvalue weighted by Crippen LogP contribution is 2.26. The fourth-order valence-electron chi connectivity index (χ4n) is 2.51. The lowest BCUT2D eigenvalue weighted by Gasteiger charge is -2.19. The number of hydrogen-bond donors (Lipinski definition) is 5. The first kappa shape index (κ1) is 21.8. The summed E-state index contributed by atoms with van der Waals surface area (Å²) in [5.74, 6) is -2.33. The third kappa shape index (κ3) is 6.25. The molecule has 1 aromatic carbocycles. The number of carbonyl (C=O) groups excluding carboxylic acids is 2. The monoisotopic (exact) mass is 416 g/mol. The van der Waals surface area contributed by atoms with Crippen LogP contribution in [0.2, 0.25) is 0 Å². The third-order valence-corrected chi connectivity index (χ3v) is 4.02. The summed E-state index contributed by atoms with van der Waals surface area (Å²) in [6.45, 7) is 1.63. The highest BCUT2D eigenvalue weighted by atomic mass is 32.1. The molecule has 0 fully saturated rings. The highest BCUT2D eigenvalue weighted by Gasteiger charge is 2.21. The van der Waals surface area contributed by atoms with Gasteiger partial charge in [0.15, 0.2) is 0 Å². The number of rotatable bonds is 8. The van der Waals surface area contributed by atoms with Crippen LogP contribution in [0.3, 0.4) is 0 Å². The van der Waals surface area contributed by atoms with Crippen molar-refractivity contribution in [1.29, 1.82) is 0 Å². The first-order valence-electron chi connectivity index (χ1n) is 8.51. The maximum Gasteiger partial charge on any atom is 0.250 e. The molecule has 2 amide bonds. The lowest BCUT2D eigenvalue weighted by atomic mass is 10.1. The van der Waals surface area contributed by atoms with Gasteiger partial charge in [-0.1, -0.05) is 18.3 Å². The van der Waals surface area contributed by atoms with Crippen LogP contribution in [0.1, 0.15) is 23.0 Å². The van der Waals surface area contributed by atoms with Crippen molar-refractivity contribution in [3.63, 3.8) is 0 Å². The molecule has 2 rings (SSSR count). The molecule has 152 valence electrons. The number of nitrogens with zero attached hydrogens (tertiary/aromatic N) is 1. The van der Waals surface area contributed by atoms with Gasteiger partial charge in [-0.05, 0) is 37.3 Å². The second-order valence-corrected chi connectivity index (χ2v) is 6.68. The molecule has 8 N–H and O–H groups in total. The zero-order chi connectivity index (χ0) is 21.6. The fraction of sp³-hybridized carbons (Fsp3) is 0.158. The Kier molecular flexibility index (Phi) is 7.21. The number of allylic oxidation sites excluding steroid dienone is 1. The van der Waals surface area contributed by atoms with Gasteiger partial charge in [0.1, 0.15) is 16.8 Å². The van der Waals surface area contributed by atoms with Crippen LogP contribution in [0.5, 0.6) is 0 Å². The molecule has 8 nitrogen and oxygen atoms in total. The zero-order valence-corrected chi connectivity index (χ0v) is 16.4. The van der Waals surface area contributed by atoms with Crippen LogP contribution < -0.4 is 27.8 Å². The number of nitrogens with two attached hydrogens (primary N) is 3. The molecule has 0 radical (unpaired) electrons. The Morgan fingerprint density at radius 2 is 1.97 bits per heavy atom. The molecule has 1 heterocycles. The van der Waals surface area contributed by atoms with E-state index in [0.29, 0.717) is 11.4 Å². The van der Waals surface area contributed by atoms with Gasteiger partial charge in [0.25, 0.3) is 5.91 Å². The average molecular weight is 416 g/mol. The van der Waals surface area contributed by atoms with Crippen molar-refractivity contribution in [1.82, 2.24) is 4.98 Å². The fourth-order valence-corrected chi connectivity index (χ4v) is 2.80. The summed E-state index contributed by atoms with van der Waals surface area (Å²) in [4.78, 5) is 27.9. The normalized spacial score (nSPS) is 12.1. The number of thiocarbonyl (C=S) groups is 1. The number of halogens is 1. The van der Waals surface area contributed by atoms with Crippen LogP contribution in [0, 0.1) is 5.82 Å². The number of benzene rings is 1. The summed E-state index contributed by atoms with van der Waals surface area (Å²) in [6.07, 6.45) is 3.18. The van der Waals surface area contributed by atoms with E-state index < -0.39 is 23.7 Å². The van der Waals surface area contributed by atoms with Gasteiger partial charge in [-0.25, -0.2) is 4.39 Å². The summed E-state index contributed by atoms with van der Waals surface area (Å²) < 4.78 is 14.6. The molecular formula is C19H21FN6O2S. The number of anilines is 2. The van der Waals surface area contributed by atoms with Crippen LogP contribution in [-0.2, 0) is 11.2 Å². The molecule has 0 aliphatic heterocycles. The van der Waals surface area contributed by atoms with Crippen molar-refractivity contribution in [2.75, 3.05) is 10.6 Å². The topological polar surface area (TPSA) is 149 Å². The summed E-state index contributed by atoms with van der Waals surface area (Å²) in [7, 11) is 0. The molecule has 0 unspecified atom stereocenters.